The van der Waals surface area contributed by atoms with Gasteiger partial charge in [-0.05, 0) is 46.1 Å². The number of carbonyl (C=O) groups is 1. The van der Waals surface area contributed by atoms with Crippen molar-refractivity contribution in [3.8, 4) is 0 Å². The molecule has 1 aromatic carbocycles. The fourth-order valence-corrected chi connectivity index (χ4v) is 2.47. The van der Waals surface area contributed by atoms with Gasteiger partial charge in [0.15, 0.2) is 6.10 Å². The van der Waals surface area contributed by atoms with Crippen molar-refractivity contribution in [3.05, 3.63) is 48.0 Å². The predicted molar refractivity (Wildman–Crippen MR) is 100 cm³/mol. The molecule has 1 aromatic rings. The molecule has 28 heavy (non-hydrogen) atoms. The van der Waals surface area contributed by atoms with Crippen LogP contribution in [-0.2, 0) is 20.9 Å². The zero-order valence-electron chi connectivity index (χ0n) is 16.7. The maximum Gasteiger partial charge on any atom is 0.417 e. The van der Waals surface area contributed by atoms with E-state index in [2.05, 4.69) is 0 Å². The third-order valence-corrected chi connectivity index (χ3v) is 3.93. The summed E-state index contributed by atoms with van der Waals surface area (Å²) in [5.41, 5.74) is 0.328. The Morgan fingerprint density at radius 2 is 1.79 bits per heavy atom. The Morgan fingerprint density at radius 1 is 1.18 bits per heavy atom. The first kappa shape index (κ1) is 24.2. The molecule has 0 spiro atoms. The van der Waals surface area contributed by atoms with Crippen LogP contribution < -0.4 is 0 Å². The topological polar surface area (TPSA) is 55.8 Å². The second-order valence-electron chi connectivity index (χ2n) is 7.64. The number of benzene rings is 1. The van der Waals surface area contributed by atoms with Crippen molar-refractivity contribution in [2.45, 2.75) is 71.1 Å². The SMILES string of the molecule is C[C@H](C(=O)OCc1ccccc1)[C@H](CC/C=C/C(O)C(F)(F)F)OC(C)(C)C. The maximum atomic E-state index is 12.4. The van der Waals surface area contributed by atoms with Gasteiger partial charge in [-0.2, -0.15) is 13.2 Å². The molecule has 158 valence electrons. The van der Waals surface area contributed by atoms with Crippen LogP contribution in [0.1, 0.15) is 46.1 Å². The number of rotatable bonds is 9. The first-order chi connectivity index (χ1) is 12.9. The molecule has 0 bridgehead atoms. The van der Waals surface area contributed by atoms with Crippen molar-refractivity contribution in [2.75, 3.05) is 0 Å². The predicted octanol–water partition coefficient (Wildman–Crippen LogP) is 4.81. The molecule has 0 saturated carbocycles. The molecule has 0 saturated heterocycles. The van der Waals surface area contributed by atoms with E-state index in [1.165, 1.54) is 6.08 Å². The molecule has 0 aliphatic carbocycles. The van der Waals surface area contributed by atoms with Gasteiger partial charge >= 0.3 is 12.1 Å². The molecule has 0 fully saturated rings. The lowest BCUT2D eigenvalue weighted by atomic mass is 9.98. The first-order valence-electron chi connectivity index (χ1n) is 9.20. The van der Waals surface area contributed by atoms with E-state index in [4.69, 9.17) is 14.6 Å². The monoisotopic (exact) mass is 402 g/mol. The third-order valence-electron chi connectivity index (χ3n) is 3.93. The lowest BCUT2D eigenvalue weighted by Gasteiger charge is -2.30. The summed E-state index contributed by atoms with van der Waals surface area (Å²) in [4.78, 5) is 12.4. The van der Waals surface area contributed by atoms with Crippen LogP contribution in [0, 0.1) is 5.92 Å². The van der Waals surface area contributed by atoms with Crippen molar-refractivity contribution in [1.29, 1.82) is 0 Å². The second kappa shape index (κ2) is 10.6. The fourth-order valence-electron chi connectivity index (χ4n) is 2.47. The molecule has 7 heteroatoms. The van der Waals surface area contributed by atoms with Crippen LogP contribution in [0.4, 0.5) is 13.2 Å². The van der Waals surface area contributed by atoms with Crippen molar-refractivity contribution < 1.29 is 32.5 Å². The zero-order chi connectivity index (χ0) is 21.4. The minimum atomic E-state index is -4.69. The van der Waals surface area contributed by atoms with E-state index in [1.807, 2.05) is 51.1 Å². The molecule has 1 N–H and O–H groups in total. The molecule has 0 aliphatic heterocycles. The van der Waals surface area contributed by atoms with Gasteiger partial charge in [-0.25, -0.2) is 0 Å². The minimum absolute atomic E-state index is 0.143. The number of halogens is 3. The van der Waals surface area contributed by atoms with E-state index in [0.717, 1.165) is 5.56 Å². The Kier molecular flexibility index (Phi) is 9.17. The van der Waals surface area contributed by atoms with Gasteiger partial charge in [0.25, 0.3) is 0 Å². The molecular weight excluding hydrogens is 373 g/mol. The minimum Gasteiger partial charge on any atom is -0.461 e. The molecule has 0 radical (unpaired) electrons. The zero-order valence-corrected chi connectivity index (χ0v) is 16.7. The summed E-state index contributed by atoms with van der Waals surface area (Å²) in [6.45, 7) is 7.34. The number of aliphatic hydroxyl groups is 1. The van der Waals surface area contributed by atoms with Gasteiger partial charge in [-0.1, -0.05) is 42.5 Å². The van der Waals surface area contributed by atoms with Gasteiger partial charge in [0.1, 0.15) is 6.61 Å². The van der Waals surface area contributed by atoms with Gasteiger partial charge in [-0.15, -0.1) is 0 Å². The third kappa shape index (κ3) is 9.37. The van der Waals surface area contributed by atoms with Crippen LogP contribution in [0.15, 0.2) is 42.5 Å². The van der Waals surface area contributed by atoms with Gasteiger partial charge in [0.2, 0.25) is 0 Å². The Hall–Kier alpha value is -1.86. The van der Waals surface area contributed by atoms with Crippen LogP contribution in [-0.4, -0.2) is 35.1 Å². The van der Waals surface area contributed by atoms with Gasteiger partial charge < -0.3 is 14.6 Å². The highest BCUT2D eigenvalue weighted by atomic mass is 19.4. The molecule has 4 nitrogen and oxygen atoms in total. The fraction of sp³-hybridized carbons (Fsp3) is 0.571. The number of hydrogen-bond acceptors (Lipinski definition) is 4. The van der Waals surface area contributed by atoms with E-state index in [1.54, 1.807) is 6.92 Å². The van der Waals surface area contributed by atoms with E-state index in [-0.39, 0.29) is 13.0 Å². The Morgan fingerprint density at radius 3 is 2.32 bits per heavy atom. The Balaban J connectivity index is 2.66. The van der Waals surface area contributed by atoms with Crippen LogP contribution in [0.25, 0.3) is 0 Å². The maximum absolute atomic E-state index is 12.4. The van der Waals surface area contributed by atoms with Crippen LogP contribution in [0.2, 0.25) is 0 Å². The van der Waals surface area contributed by atoms with E-state index >= 15 is 0 Å². The van der Waals surface area contributed by atoms with Gasteiger partial charge in [0.05, 0.1) is 17.6 Å². The van der Waals surface area contributed by atoms with E-state index in [0.29, 0.717) is 12.5 Å². The Labute approximate surface area is 164 Å². The van der Waals surface area contributed by atoms with E-state index in [9.17, 15) is 18.0 Å². The quantitative estimate of drug-likeness (QED) is 0.476. The summed E-state index contributed by atoms with van der Waals surface area (Å²) >= 11 is 0. The molecule has 3 atom stereocenters. The molecular formula is C21H29F3O4. The molecule has 0 amide bonds. The van der Waals surface area contributed by atoms with Crippen molar-refractivity contribution >= 4 is 5.97 Å². The molecule has 0 heterocycles. The highest BCUT2D eigenvalue weighted by molar-refractivity contribution is 5.72. The standard InChI is InChI=1S/C21H29F3O4/c1-15(19(26)27-14-16-10-6-5-7-11-16)17(28-20(2,3)4)12-8-9-13-18(25)21(22,23)24/h5-7,9-11,13,15,17-18,25H,8,12,14H2,1-4H3/b13-9+/t15-,17-,18?/m0/s1. The van der Waals surface area contributed by atoms with E-state index < -0.39 is 35.9 Å². The smallest absolute Gasteiger partial charge is 0.417 e. The number of esters is 1. The number of ether oxygens (including phenoxy) is 2. The lowest BCUT2D eigenvalue weighted by Crippen LogP contribution is -2.36. The number of aliphatic hydroxyl groups excluding tert-OH is 1. The summed E-state index contributed by atoms with van der Waals surface area (Å²) in [7, 11) is 0. The Bertz CT molecular complexity index is 621. The van der Waals surface area contributed by atoms with Crippen molar-refractivity contribution in [2.24, 2.45) is 5.92 Å². The number of carbonyl (C=O) groups excluding carboxylic acids is 1. The summed E-state index contributed by atoms with van der Waals surface area (Å²) in [6, 6.07) is 9.25. The summed E-state index contributed by atoms with van der Waals surface area (Å²) < 4.78 is 48.3. The average Bonchev–Trinajstić information content (AvgIpc) is 2.60. The van der Waals surface area contributed by atoms with Crippen molar-refractivity contribution in [3.63, 3.8) is 0 Å². The molecule has 1 rings (SSSR count). The highest BCUT2D eigenvalue weighted by Crippen LogP contribution is 2.24. The van der Waals surface area contributed by atoms with Crippen LogP contribution >= 0.6 is 0 Å². The average molecular weight is 402 g/mol. The number of allylic oxidation sites excluding steroid dienone is 1. The number of hydrogen-bond donors (Lipinski definition) is 1. The summed E-state index contributed by atoms with van der Waals surface area (Å²) in [5.74, 6) is -1.03. The normalized spacial score (nSPS) is 16.0. The second-order valence-corrected chi connectivity index (χ2v) is 7.64. The van der Waals surface area contributed by atoms with Gasteiger partial charge in [0, 0.05) is 0 Å². The highest BCUT2D eigenvalue weighted by Gasteiger charge is 2.36. The molecule has 0 aromatic heterocycles. The summed E-state index contributed by atoms with van der Waals surface area (Å²) in [6.07, 6.45) is -5.22. The summed E-state index contributed by atoms with van der Waals surface area (Å²) in [5, 5.41) is 9.00. The molecule has 1 unspecified atom stereocenters. The van der Waals surface area contributed by atoms with Crippen LogP contribution in [0.3, 0.4) is 0 Å². The van der Waals surface area contributed by atoms with Crippen molar-refractivity contribution in [1.82, 2.24) is 0 Å². The molecule has 0 aliphatic rings. The lowest BCUT2D eigenvalue weighted by molar-refractivity contribution is -0.187. The first-order valence-corrected chi connectivity index (χ1v) is 9.20. The largest absolute Gasteiger partial charge is 0.461 e. The van der Waals surface area contributed by atoms with Crippen LogP contribution in [0.5, 0.6) is 0 Å². The van der Waals surface area contributed by atoms with Gasteiger partial charge in [-0.3, -0.25) is 4.79 Å². The number of alkyl halides is 3.